The van der Waals surface area contributed by atoms with E-state index in [1.807, 2.05) is 6.07 Å². The Kier molecular flexibility index (Phi) is 4.03. The number of para-hydroxylation sites is 1. The molecule has 0 aliphatic rings. The molecule has 0 aliphatic carbocycles. The summed E-state index contributed by atoms with van der Waals surface area (Å²) in [6.07, 6.45) is 0. The third-order valence-corrected chi connectivity index (χ3v) is 4.73. The molecule has 1 N–H and O–H groups in total. The van der Waals surface area contributed by atoms with Crippen LogP contribution in [0.5, 0.6) is 0 Å². The summed E-state index contributed by atoms with van der Waals surface area (Å²) < 4.78 is 3.31. The number of nitrogens with one attached hydrogen (secondary N) is 1. The molecule has 0 unspecified atom stereocenters. The van der Waals surface area contributed by atoms with Gasteiger partial charge in [-0.25, -0.2) is 4.98 Å². The Labute approximate surface area is 128 Å². The lowest BCUT2D eigenvalue weighted by molar-refractivity contribution is 0.653. The van der Waals surface area contributed by atoms with Gasteiger partial charge in [0.2, 0.25) is 0 Å². The second-order valence-corrected chi connectivity index (χ2v) is 6.28. The first-order chi connectivity index (χ1) is 10.2. The third kappa shape index (κ3) is 2.84. The van der Waals surface area contributed by atoms with Gasteiger partial charge in [-0.1, -0.05) is 19.1 Å². The Morgan fingerprint density at radius 1 is 1.24 bits per heavy atom. The predicted octanol–water partition coefficient (Wildman–Crippen LogP) is 3.27. The van der Waals surface area contributed by atoms with Crippen LogP contribution in [0.2, 0.25) is 0 Å². The van der Waals surface area contributed by atoms with Crippen molar-refractivity contribution in [3.8, 4) is 0 Å². The van der Waals surface area contributed by atoms with Crippen LogP contribution in [0.1, 0.15) is 28.9 Å². The van der Waals surface area contributed by atoms with Crippen LogP contribution in [-0.4, -0.2) is 21.3 Å². The van der Waals surface area contributed by atoms with Crippen molar-refractivity contribution in [3.05, 3.63) is 46.2 Å². The highest BCUT2D eigenvalue weighted by molar-refractivity contribution is 7.18. The summed E-state index contributed by atoms with van der Waals surface area (Å²) >= 11 is 1.75. The fourth-order valence-electron chi connectivity index (χ4n) is 2.51. The van der Waals surface area contributed by atoms with Gasteiger partial charge in [-0.3, -0.25) is 4.68 Å². The molecule has 3 aromatic rings. The smallest absolute Gasteiger partial charge is 0.115 e. The standard InChI is InChI=1S/C16H20N4S/c1-4-17-9-13-11(2)19-20(12(13)3)10-16-18-14-7-5-6-8-15(14)21-16/h5-8,17H,4,9-10H2,1-3H3. The topological polar surface area (TPSA) is 42.7 Å². The normalized spacial score (nSPS) is 11.4. The van der Waals surface area contributed by atoms with E-state index in [1.165, 1.54) is 16.0 Å². The average molecular weight is 300 g/mol. The molecule has 110 valence electrons. The molecule has 3 rings (SSSR count). The summed E-state index contributed by atoms with van der Waals surface area (Å²) in [4.78, 5) is 4.69. The Morgan fingerprint density at radius 2 is 2.05 bits per heavy atom. The number of rotatable bonds is 5. The monoisotopic (exact) mass is 300 g/mol. The van der Waals surface area contributed by atoms with E-state index in [4.69, 9.17) is 4.98 Å². The zero-order valence-corrected chi connectivity index (χ0v) is 13.5. The van der Waals surface area contributed by atoms with Gasteiger partial charge in [-0.15, -0.1) is 11.3 Å². The fourth-order valence-corrected chi connectivity index (χ4v) is 3.46. The van der Waals surface area contributed by atoms with Gasteiger partial charge < -0.3 is 5.32 Å². The number of hydrogen-bond donors (Lipinski definition) is 1. The van der Waals surface area contributed by atoms with Crippen molar-refractivity contribution in [2.75, 3.05) is 6.54 Å². The molecule has 2 heterocycles. The Morgan fingerprint density at radius 3 is 2.81 bits per heavy atom. The lowest BCUT2D eigenvalue weighted by Crippen LogP contribution is -2.13. The Bertz CT molecular complexity index is 724. The molecular weight excluding hydrogens is 280 g/mol. The zero-order chi connectivity index (χ0) is 14.8. The number of fused-ring (bicyclic) bond motifs is 1. The van der Waals surface area contributed by atoms with E-state index in [1.54, 1.807) is 11.3 Å². The zero-order valence-electron chi connectivity index (χ0n) is 12.7. The number of benzene rings is 1. The first-order valence-corrected chi connectivity index (χ1v) is 8.08. The lowest BCUT2D eigenvalue weighted by atomic mass is 10.2. The molecule has 0 bridgehead atoms. The molecule has 0 saturated carbocycles. The molecular formula is C16H20N4S. The minimum absolute atomic E-state index is 0.748. The van der Waals surface area contributed by atoms with Crippen molar-refractivity contribution in [2.24, 2.45) is 0 Å². The van der Waals surface area contributed by atoms with Crippen LogP contribution in [0.4, 0.5) is 0 Å². The molecule has 0 spiro atoms. The van der Waals surface area contributed by atoms with Gasteiger partial charge >= 0.3 is 0 Å². The maximum atomic E-state index is 4.69. The van der Waals surface area contributed by atoms with Crippen molar-refractivity contribution in [1.82, 2.24) is 20.1 Å². The van der Waals surface area contributed by atoms with E-state index in [0.717, 1.165) is 35.9 Å². The van der Waals surface area contributed by atoms with Crippen LogP contribution in [0.25, 0.3) is 10.2 Å². The van der Waals surface area contributed by atoms with E-state index in [0.29, 0.717) is 0 Å². The molecule has 2 aromatic heterocycles. The van der Waals surface area contributed by atoms with Crippen LogP contribution in [-0.2, 0) is 13.1 Å². The van der Waals surface area contributed by atoms with Crippen molar-refractivity contribution in [3.63, 3.8) is 0 Å². The largest absolute Gasteiger partial charge is 0.313 e. The van der Waals surface area contributed by atoms with Crippen molar-refractivity contribution >= 4 is 21.6 Å². The quantitative estimate of drug-likeness (QED) is 0.786. The maximum absolute atomic E-state index is 4.69. The highest BCUT2D eigenvalue weighted by Gasteiger charge is 2.12. The molecule has 1 aromatic carbocycles. The Hall–Kier alpha value is -1.72. The molecule has 0 radical (unpaired) electrons. The minimum Gasteiger partial charge on any atom is -0.313 e. The maximum Gasteiger partial charge on any atom is 0.115 e. The van der Waals surface area contributed by atoms with Gasteiger partial charge in [-0.2, -0.15) is 5.10 Å². The highest BCUT2D eigenvalue weighted by atomic mass is 32.1. The summed E-state index contributed by atoms with van der Waals surface area (Å²) in [7, 11) is 0. The molecule has 0 atom stereocenters. The van der Waals surface area contributed by atoms with Crippen molar-refractivity contribution in [1.29, 1.82) is 0 Å². The number of aryl methyl sites for hydroxylation is 1. The van der Waals surface area contributed by atoms with Gasteiger partial charge in [0.05, 0.1) is 22.5 Å². The van der Waals surface area contributed by atoms with Crippen LogP contribution in [0.3, 0.4) is 0 Å². The van der Waals surface area contributed by atoms with E-state index < -0.39 is 0 Å². The number of nitrogens with zero attached hydrogens (tertiary/aromatic N) is 3. The van der Waals surface area contributed by atoms with E-state index >= 15 is 0 Å². The molecule has 0 fully saturated rings. The van der Waals surface area contributed by atoms with Crippen LogP contribution in [0, 0.1) is 13.8 Å². The highest BCUT2D eigenvalue weighted by Crippen LogP contribution is 2.23. The fraction of sp³-hybridized carbons (Fsp3) is 0.375. The van der Waals surface area contributed by atoms with Crippen molar-refractivity contribution < 1.29 is 0 Å². The second kappa shape index (κ2) is 5.95. The average Bonchev–Trinajstić information content (AvgIpc) is 2.99. The molecule has 4 nitrogen and oxygen atoms in total. The van der Waals surface area contributed by atoms with Crippen molar-refractivity contribution in [2.45, 2.75) is 33.9 Å². The van der Waals surface area contributed by atoms with Gasteiger partial charge in [0.15, 0.2) is 0 Å². The number of hydrogen-bond acceptors (Lipinski definition) is 4. The minimum atomic E-state index is 0.748. The van der Waals surface area contributed by atoms with Crippen LogP contribution >= 0.6 is 11.3 Å². The van der Waals surface area contributed by atoms with Crippen LogP contribution in [0.15, 0.2) is 24.3 Å². The van der Waals surface area contributed by atoms with Gasteiger partial charge in [0.25, 0.3) is 0 Å². The number of thiazole rings is 1. The van der Waals surface area contributed by atoms with Crippen LogP contribution < -0.4 is 5.32 Å². The summed E-state index contributed by atoms with van der Waals surface area (Å²) in [5, 5.41) is 9.16. The molecule has 0 saturated heterocycles. The second-order valence-electron chi connectivity index (χ2n) is 5.16. The molecule has 21 heavy (non-hydrogen) atoms. The van der Waals surface area contributed by atoms with Gasteiger partial charge in [0, 0.05) is 17.8 Å². The summed E-state index contributed by atoms with van der Waals surface area (Å²) in [6.45, 7) is 8.94. The third-order valence-electron chi connectivity index (χ3n) is 3.71. The lowest BCUT2D eigenvalue weighted by Gasteiger charge is -2.04. The SMILES string of the molecule is CCNCc1c(C)nn(Cc2nc3ccccc3s2)c1C. The summed E-state index contributed by atoms with van der Waals surface area (Å²) in [5.41, 5.74) is 4.71. The summed E-state index contributed by atoms with van der Waals surface area (Å²) in [5.74, 6) is 0. The first-order valence-electron chi connectivity index (χ1n) is 7.27. The molecule has 0 amide bonds. The predicted molar refractivity (Wildman–Crippen MR) is 87.8 cm³/mol. The Balaban J connectivity index is 1.87. The molecule has 5 heteroatoms. The summed E-state index contributed by atoms with van der Waals surface area (Å²) in [6, 6.07) is 8.27. The molecule has 0 aliphatic heterocycles. The van der Waals surface area contributed by atoms with E-state index in [9.17, 15) is 0 Å². The van der Waals surface area contributed by atoms with E-state index in [-0.39, 0.29) is 0 Å². The first kappa shape index (κ1) is 14.2. The van der Waals surface area contributed by atoms with E-state index in [2.05, 4.69) is 54.1 Å². The van der Waals surface area contributed by atoms with Gasteiger partial charge in [-0.05, 0) is 32.5 Å². The number of aromatic nitrogens is 3. The van der Waals surface area contributed by atoms with Gasteiger partial charge in [0.1, 0.15) is 5.01 Å².